The quantitative estimate of drug-likeness (QED) is 0.552. The van der Waals surface area contributed by atoms with Crippen LogP contribution < -0.4 is 0 Å². The van der Waals surface area contributed by atoms with Crippen LogP contribution in [0.3, 0.4) is 0 Å². The fourth-order valence-electron chi connectivity index (χ4n) is 3.63. The molecular weight excluding hydrogens is 348 g/mol. The molecule has 9 heteroatoms. The van der Waals surface area contributed by atoms with Crippen molar-refractivity contribution < 1.29 is 29.4 Å². The van der Waals surface area contributed by atoms with Crippen LogP contribution >= 0.6 is 11.8 Å². The smallest absolute Gasteiger partial charge is 0.329 e. The van der Waals surface area contributed by atoms with E-state index in [1.165, 1.54) is 30.8 Å². The minimum atomic E-state index is -1.59. The van der Waals surface area contributed by atoms with Gasteiger partial charge in [-0.2, -0.15) is 0 Å². The van der Waals surface area contributed by atoms with Crippen LogP contribution in [0.2, 0.25) is 0 Å². The van der Waals surface area contributed by atoms with Crippen LogP contribution in [0.4, 0.5) is 0 Å². The van der Waals surface area contributed by atoms with Gasteiger partial charge in [0.15, 0.2) is 6.04 Å². The molecule has 0 bridgehead atoms. The van der Waals surface area contributed by atoms with E-state index in [-0.39, 0.29) is 16.9 Å². The molecule has 2 saturated heterocycles. The van der Waals surface area contributed by atoms with Gasteiger partial charge in [-0.15, -0.1) is 11.8 Å². The lowest BCUT2D eigenvalue weighted by molar-refractivity contribution is -0.176. The molecule has 0 spiro atoms. The van der Waals surface area contributed by atoms with Crippen molar-refractivity contribution in [1.82, 2.24) is 9.80 Å². The van der Waals surface area contributed by atoms with Gasteiger partial charge < -0.3 is 15.1 Å². The van der Waals surface area contributed by atoms with E-state index in [0.29, 0.717) is 0 Å². The molecule has 8 nitrogen and oxygen atoms in total. The maximum absolute atomic E-state index is 12.6. The van der Waals surface area contributed by atoms with Crippen LogP contribution in [0, 0.1) is 0 Å². The largest absolute Gasteiger partial charge is 0.480 e. The number of nitrogens with zero attached hydrogens (tertiary/aromatic N) is 2. The fourth-order valence-corrected chi connectivity index (χ4v) is 5.10. The summed E-state index contributed by atoms with van der Waals surface area (Å²) in [7, 11) is 0. The Labute approximate surface area is 146 Å². The minimum Gasteiger partial charge on any atom is -0.480 e. The number of fused-ring (bicyclic) bond motifs is 2. The summed E-state index contributed by atoms with van der Waals surface area (Å²) in [5, 5.41) is 19.0. The first-order valence-electron chi connectivity index (χ1n) is 7.61. The molecule has 25 heavy (non-hydrogen) atoms. The number of rotatable bonds is 2. The van der Waals surface area contributed by atoms with Gasteiger partial charge in [0.2, 0.25) is 0 Å². The first-order chi connectivity index (χ1) is 11.8. The molecule has 3 aliphatic rings. The Hall–Kier alpha value is -2.39. The summed E-state index contributed by atoms with van der Waals surface area (Å²) < 4.78 is 0. The molecule has 0 aliphatic carbocycles. The van der Waals surface area contributed by atoms with E-state index in [0.717, 1.165) is 9.80 Å². The molecule has 0 saturated carbocycles. The summed E-state index contributed by atoms with van der Waals surface area (Å²) in [5.74, 6) is -2.98. The van der Waals surface area contributed by atoms with Crippen molar-refractivity contribution >= 4 is 35.5 Å². The second-order valence-corrected chi connectivity index (χ2v) is 7.62. The van der Waals surface area contributed by atoms with Crippen molar-refractivity contribution in [2.75, 3.05) is 5.75 Å². The first kappa shape index (κ1) is 16.1. The zero-order valence-electron chi connectivity index (χ0n) is 13.1. The van der Waals surface area contributed by atoms with Crippen molar-refractivity contribution in [3.05, 3.63) is 35.4 Å². The predicted molar refractivity (Wildman–Crippen MR) is 85.9 cm³/mol. The number of carboxylic acids is 1. The van der Waals surface area contributed by atoms with Gasteiger partial charge >= 0.3 is 5.97 Å². The number of amides is 3. The summed E-state index contributed by atoms with van der Waals surface area (Å²) in [5.41, 5.74) is -1.11. The summed E-state index contributed by atoms with van der Waals surface area (Å²) in [6.07, 6.45) is 0. The lowest BCUT2D eigenvalue weighted by atomic mass is 9.91. The second-order valence-electron chi connectivity index (χ2n) is 6.52. The Kier molecular flexibility index (Phi) is 3.26. The van der Waals surface area contributed by atoms with Crippen molar-refractivity contribution in [1.29, 1.82) is 0 Å². The van der Waals surface area contributed by atoms with E-state index in [9.17, 15) is 29.4 Å². The summed E-state index contributed by atoms with van der Waals surface area (Å²) in [6, 6.07) is 3.86. The zero-order valence-corrected chi connectivity index (χ0v) is 13.9. The molecule has 4 rings (SSSR count). The summed E-state index contributed by atoms with van der Waals surface area (Å²) in [6.45, 7) is 1.36. The van der Waals surface area contributed by atoms with Crippen molar-refractivity contribution in [2.45, 2.75) is 30.0 Å². The number of hydrogen-bond acceptors (Lipinski definition) is 6. The summed E-state index contributed by atoms with van der Waals surface area (Å²) in [4.78, 5) is 51.3. The van der Waals surface area contributed by atoms with Gasteiger partial charge in [0.1, 0.15) is 17.0 Å². The minimum absolute atomic E-state index is 0.0814. The lowest BCUT2D eigenvalue weighted by Crippen LogP contribution is -2.79. The normalized spacial score (nSPS) is 33.8. The summed E-state index contributed by atoms with van der Waals surface area (Å²) >= 11 is 1.17. The maximum Gasteiger partial charge on any atom is 0.329 e. The molecule has 2 fully saturated rings. The highest BCUT2D eigenvalue weighted by atomic mass is 32.2. The highest BCUT2D eigenvalue weighted by Crippen LogP contribution is 2.45. The topological polar surface area (TPSA) is 115 Å². The number of aliphatic hydroxyl groups is 1. The monoisotopic (exact) mass is 362 g/mol. The Balaban J connectivity index is 1.67. The standard InChI is InChI=1S/C16H14N2O6S/c1-16(24)6-25-14-9(13(21)18(14)10(16)15(22)23)17-11(19)7-4-2-3-5-8(7)12(17)20/h2-5,9-10,14,24H,6H2,1H3,(H,22,23)/t9?,10?,14-,16+/m0/s1. The van der Waals surface area contributed by atoms with Gasteiger partial charge in [-0.3, -0.25) is 19.3 Å². The van der Waals surface area contributed by atoms with E-state index in [2.05, 4.69) is 0 Å². The lowest BCUT2D eigenvalue weighted by Gasteiger charge is -2.57. The zero-order chi connectivity index (χ0) is 18.1. The highest BCUT2D eigenvalue weighted by molar-refractivity contribution is 8.00. The van der Waals surface area contributed by atoms with Crippen molar-refractivity contribution in [3.8, 4) is 0 Å². The Morgan fingerprint density at radius 2 is 1.76 bits per heavy atom. The molecule has 4 atom stereocenters. The average Bonchev–Trinajstić information content (AvgIpc) is 2.80. The molecule has 1 aromatic rings. The first-order valence-corrected chi connectivity index (χ1v) is 8.66. The average molecular weight is 362 g/mol. The Morgan fingerprint density at radius 3 is 2.28 bits per heavy atom. The number of imide groups is 1. The van der Waals surface area contributed by atoms with E-state index in [1.54, 1.807) is 12.1 Å². The van der Waals surface area contributed by atoms with Gasteiger partial charge in [-0.1, -0.05) is 12.1 Å². The predicted octanol–water partition coefficient (Wildman–Crippen LogP) is -0.229. The van der Waals surface area contributed by atoms with Gasteiger partial charge in [-0.25, -0.2) is 4.79 Å². The van der Waals surface area contributed by atoms with Crippen molar-refractivity contribution in [3.63, 3.8) is 0 Å². The third kappa shape index (κ3) is 1.99. The number of carboxylic acid groups (broad SMARTS) is 1. The molecule has 0 radical (unpaired) electrons. The van der Waals surface area contributed by atoms with E-state index < -0.39 is 46.7 Å². The molecule has 3 heterocycles. The van der Waals surface area contributed by atoms with Crippen LogP contribution in [0.5, 0.6) is 0 Å². The van der Waals surface area contributed by atoms with Crippen LogP contribution in [-0.2, 0) is 9.59 Å². The Morgan fingerprint density at radius 1 is 1.20 bits per heavy atom. The Bertz CT molecular complexity index is 803. The number of thioether (sulfide) groups is 1. The molecule has 1 aromatic carbocycles. The number of benzene rings is 1. The van der Waals surface area contributed by atoms with Crippen LogP contribution in [0.25, 0.3) is 0 Å². The highest BCUT2D eigenvalue weighted by Gasteiger charge is 2.64. The molecule has 130 valence electrons. The second kappa shape index (κ2) is 5.06. The maximum atomic E-state index is 12.6. The molecule has 2 unspecified atom stereocenters. The van der Waals surface area contributed by atoms with E-state index in [1.807, 2.05) is 0 Å². The van der Waals surface area contributed by atoms with E-state index >= 15 is 0 Å². The third-order valence-corrected chi connectivity index (χ3v) is 6.38. The fraction of sp³-hybridized carbons (Fsp3) is 0.375. The number of hydrogen-bond donors (Lipinski definition) is 2. The van der Waals surface area contributed by atoms with Gasteiger partial charge in [0, 0.05) is 5.75 Å². The number of aliphatic carboxylic acids is 1. The van der Waals surface area contributed by atoms with Gasteiger partial charge in [0.25, 0.3) is 17.7 Å². The third-order valence-electron chi connectivity index (χ3n) is 4.80. The molecule has 3 amide bonds. The van der Waals surface area contributed by atoms with Crippen LogP contribution in [0.1, 0.15) is 27.6 Å². The molecule has 2 N–H and O–H groups in total. The van der Waals surface area contributed by atoms with Gasteiger partial charge in [-0.05, 0) is 19.1 Å². The van der Waals surface area contributed by atoms with Crippen molar-refractivity contribution in [2.24, 2.45) is 0 Å². The number of carbonyl (C=O) groups is 4. The number of β-lactam (4-membered cyclic amide) rings is 1. The van der Waals surface area contributed by atoms with Crippen LogP contribution in [-0.4, -0.2) is 72.5 Å². The van der Waals surface area contributed by atoms with E-state index in [4.69, 9.17) is 0 Å². The number of carbonyl (C=O) groups excluding carboxylic acids is 3. The van der Waals surface area contributed by atoms with Crippen LogP contribution in [0.15, 0.2) is 24.3 Å². The SMILES string of the molecule is C[C@@]1(O)CS[C@H]2C(N3C(=O)c4ccccc4C3=O)C(=O)N2C1C(=O)O. The molecule has 3 aliphatic heterocycles. The molecule has 0 aromatic heterocycles. The molecular formula is C16H14N2O6S. The van der Waals surface area contributed by atoms with Gasteiger partial charge in [0.05, 0.1) is 11.1 Å².